The van der Waals surface area contributed by atoms with Gasteiger partial charge in [0.2, 0.25) is 0 Å². The molecule has 2 N–H and O–H groups in total. The Morgan fingerprint density at radius 2 is 1.89 bits per heavy atom. The molecule has 2 fully saturated rings. The number of ether oxygens (including phenoxy) is 1. The van der Waals surface area contributed by atoms with E-state index in [1.165, 1.54) is 12.1 Å². The van der Waals surface area contributed by atoms with Crippen molar-refractivity contribution in [2.75, 3.05) is 69.8 Å². The van der Waals surface area contributed by atoms with E-state index in [1.54, 1.807) is 6.07 Å². The van der Waals surface area contributed by atoms with E-state index in [2.05, 4.69) is 27.8 Å². The highest BCUT2D eigenvalue weighted by atomic mass is 19.1. The fraction of sp³-hybridized carbons (Fsp3) is 0.519. The van der Waals surface area contributed by atoms with Crippen LogP contribution in [0.5, 0.6) is 5.75 Å². The van der Waals surface area contributed by atoms with E-state index in [1.807, 2.05) is 22.5 Å². The number of nitrogens with two attached hydrogens (primary N) is 1. The monoisotopic (exact) mass is 522 g/mol. The van der Waals surface area contributed by atoms with Crippen molar-refractivity contribution in [3.8, 4) is 5.75 Å². The number of carbonyl (C=O) groups excluding carboxylic acids is 1. The molecule has 11 heteroatoms. The molecule has 1 unspecified atom stereocenters. The Labute approximate surface area is 221 Å². The zero-order valence-electron chi connectivity index (χ0n) is 22.0. The Balaban J connectivity index is 1.45. The first-order valence-electron chi connectivity index (χ1n) is 13.4. The fourth-order valence-corrected chi connectivity index (χ4v) is 5.55. The molecule has 38 heavy (non-hydrogen) atoms. The summed E-state index contributed by atoms with van der Waals surface area (Å²) < 4.78 is 22.2. The highest BCUT2D eigenvalue weighted by Gasteiger charge is 2.33. The average molecular weight is 523 g/mol. The summed E-state index contributed by atoms with van der Waals surface area (Å²) in [4.78, 5) is 27.2. The molecule has 1 amide bonds. The summed E-state index contributed by atoms with van der Waals surface area (Å²) >= 11 is 0. The molecule has 3 aromatic rings. The van der Waals surface area contributed by atoms with Crippen LogP contribution in [-0.4, -0.2) is 96.3 Å². The Kier molecular flexibility index (Phi) is 6.56. The van der Waals surface area contributed by atoms with Crippen LogP contribution in [0, 0.1) is 5.82 Å². The zero-order valence-corrected chi connectivity index (χ0v) is 22.0. The Bertz CT molecular complexity index is 1340. The molecular weight excluding hydrogens is 487 g/mol. The number of anilines is 2. The van der Waals surface area contributed by atoms with Crippen LogP contribution in [0.3, 0.4) is 0 Å². The average Bonchev–Trinajstić information content (AvgIpc) is 3.33. The number of nitrogens with zero attached hydrogens (tertiary/aromatic N) is 7. The molecule has 3 aliphatic heterocycles. The normalized spacial score (nSPS) is 21.8. The van der Waals surface area contributed by atoms with Crippen LogP contribution in [0.2, 0.25) is 0 Å². The van der Waals surface area contributed by atoms with E-state index in [9.17, 15) is 9.18 Å². The summed E-state index contributed by atoms with van der Waals surface area (Å²) in [7, 11) is 4.10. The van der Waals surface area contributed by atoms with Gasteiger partial charge < -0.3 is 30.1 Å². The first-order valence-corrected chi connectivity index (χ1v) is 13.4. The molecule has 10 nitrogen and oxygen atoms in total. The number of benzene rings is 1. The minimum Gasteiger partial charge on any atom is -0.491 e. The van der Waals surface area contributed by atoms with Crippen molar-refractivity contribution >= 4 is 23.2 Å². The number of amides is 1. The first-order chi connectivity index (χ1) is 18.4. The number of hydrogen-bond acceptors (Lipinski definition) is 8. The van der Waals surface area contributed by atoms with Gasteiger partial charge in [0.1, 0.15) is 29.8 Å². The van der Waals surface area contributed by atoms with Gasteiger partial charge in [-0.1, -0.05) is 0 Å². The summed E-state index contributed by atoms with van der Waals surface area (Å²) in [6.45, 7) is 4.77. The van der Waals surface area contributed by atoms with Crippen molar-refractivity contribution in [2.24, 2.45) is 5.73 Å². The maximum atomic E-state index is 14.3. The number of fused-ring (bicyclic) bond motifs is 4. The number of carbonyl (C=O) groups is 1. The van der Waals surface area contributed by atoms with Gasteiger partial charge in [-0.3, -0.25) is 4.79 Å². The van der Waals surface area contributed by atoms with E-state index in [0.29, 0.717) is 25.4 Å². The summed E-state index contributed by atoms with van der Waals surface area (Å²) in [5.41, 5.74) is 7.85. The number of hydrogen-bond donors (Lipinski definition) is 1. The van der Waals surface area contributed by atoms with Crippen LogP contribution in [0.4, 0.5) is 16.0 Å². The van der Waals surface area contributed by atoms with Crippen molar-refractivity contribution in [2.45, 2.75) is 31.3 Å². The van der Waals surface area contributed by atoms with Gasteiger partial charge in [0, 0.05) is 64.5 Å². The van der Waals surface area contributed by atoms with Crippen LogP contribution in [-0.2, 0) is 0 Å². The lowest BCUT2D eigenvalue weighted by molar-refractivity contribution is 0.0600. The molecule has 0 radical (unpaired) electrons. The van der Waals surface area contributed by atoms with E-state index >= 15 is 0 Å². The lowest BCUT2D eigenvalue weighted by atomic mass is 9.98. The van der Waals surface area contributed by atoms with Crippen molar-refractivity contribution in [1.29, 1.82) is 0 Å². The van der Waals surface area contributed by atoms with E-state index < -0.39 is 5.82 Å². The van der Waals surface area contributed by atoms with Gasteiger partial charge in [-0.05, 0) is 44.5 Å². The number of piperidine rings is 1. The smallest absolute Gasteiger partial charge is 0.258 e. The molecule has 0 aliphatic carbocycles. The third kappa shape index (κ3) is 4.64. The lowest BCUT2D eigenvalue weighted by Crippen LogP contribution is -2.56. The standard InChI is InChI=1S/C27H35FN8O2/c1-32-9-10-33(2)26-15-24(34-16-19(29)17-34)30-25-14-21(31-36(25)26)22-5-3-4-8-35(22)27(37)20-13-18(28)6-7-23(20)38-12-11-32/h6-7,13-15,19,22H,3-5,8-12,16-17,29H2,1-2H3. The SMILES string of the molecule is CN1CCOc2ccc(F)cc2C(=O)N2CCCCC2c2cc3nc(N4CC(N)C4)cc(n3n2)N(C)CC1. The van der Waals surface area contributed by atoms with Crippen LogP contribution >= 0.6 is 0 Å². The van der Waals surface area contributed by atoms with Crippen molar-refractivity contribution in [3.63, 3.8) is 0 Å². The molecule has 1 atom stereocenters. The number of rotatable bonds is 1. The summed E-state index contributed by atoms with van der Waals surface area (Å²) in [6.07, 6.45) is 2.65. The highest BCUT2D eigenvalue weighted by Crippen LogP contribution is 2.35. The van der Waals surface area contributed by atoms with E-state index in [4.69, 9.17) is 20.6 Å². The molecule has 202 valence electrons. The molecule has 6 rings (SSSR count). The molecule has 2 bridgehead atoms. The fourth-order valence-electron chi connectivity index (χ4n) is 5.55. The van der Waals surface area contributed by atoms with Gasteiger partial charge in [0.25, 0.3) is 5.91 Å². The van der Waals surface area contributed by atoms with E-state index in [-0.39, 0.29) is 23.6 Å². The highest BCUT2D eigenvalue weighted by molar-refractivity contribution is 5.97. The quantitative estimate of drug-likeness (QED) is 0.520. The third-order valence-corrected chi connectivity index (χ3v) is 7.86. The third-order valence-electron chi connectivity index (χ3n) is 7.86. The molecule has 0 spiro atoms. The van der Waals surface area contributed by atoms with Gasteiger partial charge >= 0.3 is 0 Å². The molecule has 0 saturated carbocycles. The van der Waals surface area contributed by atoms with Crippen LogP contribution < -0.4 is 20.3 Å². The molecule has 2 aromatic heterocycles. The molecule has 2 saturated heterocycles. The van der Waals surface area contributed by atoms with Crippen molar-refractivity contribution in [1.82, 2.24) is 24.4 Å². The minimum atomic E-state index is -0.455. The van der Waals surface area contributed by atoms with Crippen LogP contribution in [0.15, 0.2) is 30.3 Å². The van der Waals surface area contributed by atoms with E-state index in [0.717, 1.165) is 68.4 Å². The molecule has 3 aliphatic rings. The maximum absolute atomic E-state index is 14.3. The van der Waals surface area contributed by atoms with Crippen molar-refractivity contribution < 1.29 is 13.9 Å². The van der Waals surface area contributed by atoms with Gasteiger partial charge in [-0.15, -0.1) is 0 Å². The predicted octanol–water partition coefficient (Wildman–Crippen LogP) is 2.14. The molecular formula is C27H35FN8O2. The number of halogens is 1. The second-order valence-electron chi connectivity index (χ2n) is 10.7. The maximum Gasteiger partial charge on any atom is 0.258 e. The van der Waals surface area contributed by atoms with Crippen molar-refractivity contribution in [3.05, 3.63) is 47.4 Å². The Morgan fingerprint density at radius 1 is 1.05 bits per heavy atom. The van der Waals surface area contributed by atoms with Gasteiger partial charge in [0.05, 0.1) is 17.3 Å². The van der Waals surface area contributed by atoms with Gasteiger partial charge in [-0.2, -0.15) is 9.61 Å². The Morgan fingerprint density at radius 3 is 2.71 bits per heavy atom. The summed E-state index contributed by atoms with van der Waals surface area (Å²) in [6, 6.07) is 8.19. The van der Waals surface area contributed by atoms with Gasteiger partial charge in [0.15, 0.2) is 5.65 Å². The lowest BCUT2D eigenvalue weighted by Gasteiger charge is -2.38. The largest absolute Gasteiger partial charge is 0.491 e. The van der Waals surface area contributed by atoms with Gasteiger partial charge in [-0.25, -0.2) is 9.37 Å². The van der Waals surface area contributed by atoms with Crippen LogP contribution in [0.25, 0.3) is 5.65 Å². The molecule has 1 aromatic carbocycles. The molecule has 5 heterocycles. The first kappa shape index (κ1) is 24.9. The predicted molar refractivity (Wildman–Crippen MR) is 143 cm³/mol. The Hall–Kier alpha value is -3.44. The zero-order chi connectivity index (χ0) is 26.4. The topological polar surface area (TPSA) is 95.5 Å². The number of aromatic nitrogens is 3. The summed E-state index contributed by atoms with van der Waals surface area (Å²) in [5, 5.41) is 5.00. The summed E-state index contributed by atoms with van der Waals surface area (Å²) in [5.74, 6) is 1.54. The second kappa shape index (κ2) is 10.0. The van der Waals surface area contributed by atoms with Crippen LogP contribution in [0.1, 0.15) is 41.4 Å². The number of likely N-dealkylation sites (N-methyl/N-ethyl adjacent to an activating group) is 2. The minimum absolute atomic E-state index is 0.162. The second-order valence-corrected chi connectivity index (χ2v) is 10.7.